The Morgan fingerprint density at radius 1 is 1.62 bits per heavy atom. The molecular formula is C10H8BrIN2O2. The van der Waals surface area contributed by atoms with Crippen molar-refractivity contribution in [2.45, 2.75) is 6.92 Å². The third-order valence-electron chi connectivity index (χ3n) is 1.96. The summed E-state index contributed by atoms with van der Waals surface area (Å²) in [6.07, 6.45) is 3.52. The number of pyridine rings is 1. The zero-order valence-corrected chi connectivity index (χ0v) is 12.1. The highest BCUT2D eigenvalue weighted by Crippen LogP contribution is 2.19. The van der Waals surface area contributed by atoms with E-state index < -0.39 is 5.97 Å². The molecule has 0 saturated heterocycles. The standard InChI is InChI=1S/C10H8BrIN2O2/c1-2-16-10(15)8-5-14-4-6(11)3-7(12)9(14)13-8/h3-5H,2H2,1H3. The molecule has 0 fully saturated rings. The molecule has 0 amide bonds. The molecule has 0 spiro atoms. The first kappa shape index (κ1) is 11.8. The Bertz CT molecular complexity index is 553. The van der Waals surface area contributed by atoms with Crippen molar-refractivity contribution < 1.29 is 9.53 Å². The maximum atomic E-state index is 11.5. The second kappa shape index (κ2) is 4.70. The molecule has 0 unspecified atom stereocenters. The van der Waals surface area contributed by atoms with Gasteiger partial charge in [0.2, 0.25) is 0 Å². The molecule has 2 rings (SSSR count). The zero-order valence-electron chi connectivity index (χ0n) is 8.41. The number of nitrogens with zero attached hydrogens (tertiary/aromatic N) is 2. The van der Waals surface area contributed by atoms with E-state index in [9.17, 15) is 4.79 Å². The number of rotatable bonds is 2. The Hall–Kier alpha value is -0.630. The number of aromatic nitrogens is 2. The van der Waals surface area contributed by atoms with Crippen LogP contribution in [0.15, 0.2) is 22.9 Å². The van der Waals surface area contributed by atoms with Crippen molar-refractivity contribution in [2.24, 2.45) is 0 Å². The summed E-state index contributed by atoms with van der Waals surface area (Å²) in [5, 5.41) is 0. The van der Waals surface area contributed by atoms with Gasteiger partial charge in [0.1, 0.15) is 0 Å². The van der Waals surface area contributed by atoms with Gasteiger partial charge >= 0.3 is 5.97 Å². The number of hydrogen-bond acceptors (Lipinski definition) is 3. The summed E-state index contributed by atoms with van der Waals surface area (Å²) in [6.45, 7) is 2.13. The van der Waals surface area contributed by atoms with Crippen molar-refractivity contribution in [3.63, 3.8) is 0 Å². The number of hydrogen-bond donors (Lipinski definition) is 0. The Kier molecular flexibility index (Phi) is 3.48. The predicted octanol–water partition coefficient (Wildman–Crippen LogP) is 2.88. The Morgan fingerprint density at radius 3 is 3.06 bits per heavy atom. The van der Waals surface area contributed by atoms with Crippen LogP contribution >= 0.6 is 38.5 Å². The quantitative estimate of drug-likeness (QED) is 0.581. The number of halogens is 2. The van der Waals surface area contributed by atoms with Crippen molar-refractivity contribution >= 4 is 50.1 Å². The van der Waals surface area contributed by atoms with Crippen LogP contribution in [0.2, 0.25) is 0 Å². The number of imidazole rings is 1. The number of carbonyl (C=O) groups excluding carboxylic acids is 1. The minimum atomic E-state index is -0.391. The maximum absolute atomic E-state index is 11.5. The minimum Gasteiger partial charge on any atom is -0.461 e. The van der Waals surface area contributed by atoms with Gasteiger partial charge in [-0.05, 0) is 51.5 Å². The summed E-state index contributed by atoms with van der Waals surface area (Å²) in [4.78, 5) is 15.7. The van der Waals surface area contributed by atoms with Crippen molar-refractivity contribution in [1.29, 1.82) is 0 Å². The smallest absolute Gasteiger partial charge is 0.358 e. The first-order valence-corrected chi connectivity index (χ1v) is 6.50. The van der Waals surface area contributed by atoms with E-state index in [0.717, 1.165) is 13.7 Å². The van der Waals surface area contributed by atoms with Crippen LogP contribution in [0, 0.1) is 3.57 Å². The first-order chi connectivity index (χ1) is 7.61. The number of carbonyl (C=O) groups is 1. The van der Waals surface area contributed by atoms with E-state index in [1.807, 2.05) is 12.3 Å². The average Bonchev–Trinajstić information content (AvgIpc) is 2.62. The molecule has 0 radical (unpaired) electrons. The van der Waals surface area contributed by atoms with Gasteiger partial charge in [-0.15, -0.1) is 0 Å². The first-order valence-electron chi connectivity index (χ1n) is 4.62. The lowest BCUT2D eigenvalue weighted by Gasteiger charge is -1.96. The number of fused-ring (bicyclic) bond motifs is 1. The molecule has 0 atom stereocenters. The fraction of sp³-hybridized carbons (Fsp3) is 0.200. The number of ether oxygens (including phenoxy) is 1. The molecule has 6 heteroatoms. The van der Waals surface area contributed by atoms with Crippen LogP contribution in [-0.2, 0) is 4.74 Å². The molecule has 84 valence electrons. The van der Waals surface area contributed by atoms with E-state index in [1.165, 1.54) is 0 Å². The van der Waals surface area contributed by atoms with E-state index in [4.69, 9.17) is 4.74 Å². The molecule has 0 bridgehead atoms. The normalized spacial score (nSPS) is 10.7. The lowest BCUT2D eigenvalue weighted by Crippen LogP contribution is -2.04. The molecule has 0 N–H and O–H groups in total. The van der Waals surface area contributed by atoms with Crippen molar-refractivity contribution in [3.05, 3.63) is 32.2 Å². The highest BCUT2D eigenvalue weighted by molar-refractivity contribution is 14.1. The predicted molar refractivity (Wildman–Crippen MR) is 71.6 cm³/mol. The van der Waals surface area contributed by atoms with E-state index in [0.29, 0.717) is 12.3 Å². The molecule has 0 saturated carbocycles. The molecule has 4 nitrogen and oxygen atoms in total. The highest BCUT2D eigenvalue weighted by atomic mass is 127. The van der Waals surface area contributed by atoms with Gasteiger partial charge < -0.3 is 9.14 Å². The van der Waals surface area contributed by atoms with Gasteiger partial charge in [0.05, 0.1) is 10.2 Å². The molecule has 16 heavy (non-hydrogen) atoms. The minimum absolute atomic E-state index is 0.331. The molecule has 0 aliphatic carbocycles. The lowest BCUT2D eigenvalue weighted by atomic mass is 10.5. The second-order valence-electron chi connectivity index (χ2n) is 3.08. The Balaban J connectivity index is 2.51. The van der Waals surface area contributed by atoms with Crippen molar-refractivity contribution in [2.75, 3.05) is 6.61 Å². The van der Waals surface area contributed by atoms with E-state index in [2.05, 4.69) is 43.5 Å². The van der Waals surface area contributed by atoms with Crippen molar-refractivity contribution in [3.8, 4) is 0 Å². The summed E-state index contributed by atoms with van der Waals surface area (Å²) in [7, 11) is 0. The Morgan fingerprint density at radius 2 is 2.38 bits per heavy atom. The highest BCUT2D eigenvalue weighted by Gasteiger charge is 2.13. The lowest BCUT2D eigenvalue weighted by molar-refractivity contribution is 0.0520. The van der Waals surface area contributed by atoms with Crippen LogP contribution in [0.25, 0.3) is 5.65 Å². The van der Waals surface area contributed by atoms with Gasteiger partial charge in [0, 0.05) is 16.9 Å². The second-order valence-corrected chi connectivity index (χ2v) is 5.16. The molecule has 0 aliphatic rings. The van der Waals surface area contributed by atoms with Gasteiger partial charge in [-0.25, -0.2) is 9.78 Å². The zero-order chi connectivity index (χ0) is 11.7. The van der Waals surface area contributed by atoms with Gasteiger partial charge in [-0.3, -0.25) is 0 Å². The largest absolute Gasteiger partial charge is 0.461 e. The maximum Gasteiger partial charge on any atom is 0.358 e. The monoisotopic (exact) mass is 394 g/mol. The summed E-state index contributed by atoms with van der Waals surface area (Å²) >= 11 is 5.57. The summed E-state index contributed by atoms with van der Waals surface area (Å²) in [5.41, 5.74) is 1.09. The molecule has 2 heterocycles. The molecule has 0 aliphatic heterocycles. The summed E-state index contributed by atoms with van der Waals surface area (Å²) in [5.74, 6) is -0.391. The summed E-state index contributed by atoms with van der Waals surface area (Å²) in [6, 6.07) is 1.94. The van der Waals surface area contributed by atoms with Gasteiger partial charge in [0.25, 0.3) is 0 Å². The van der Waals surface area contributed by atoms with Crippen molar-refractivity contribution in [1.82, 2.24) is 9.38 Å². The van der Waals surface area contributed by atoms with Gasteiger partial charge in [0.15, 0.2) is 11.3 Å². The van der Waals surface area contributed by atoms with Gasteiger partial charge in [-0.1, -0.05) is 0 Å². The van der Waals surface area contributed by atoms with Crippen LogP contribution in [0.1, 0.15) is 17.4 Å². The van der Waals surface area contributed by atoms with E-state index in [1.54, 1.807) is 17.5 Å². The fourth-order valence-electron chi connectivity index (χ4n) is 1.33. The third kappa shape index (κ3) is 2.22. The fourth-order valence-corrected chi connectivity index (χ4v) is 2.94. The number of esters is 1. The van der Waals surface area contributed by atoms with Gasteiger partial charge in [-0.2, -0.15) is 0 Å². The SMILES string of the molecule is CCOC(=O)c1cn2cc(Br)cc(I)c2n1. The average molecular weight is 395 g/mol. The van der Waals surface area contributed by atoms with Crippen LogP contribution in [-0.4, -0.2) is 22.0 Å². The van der Waals surface area contributed by atoms with Crippen LogP contribution in [0.4, 0.5) is 0 Å². The molecule has 2 aromatic rings. The molecular weight excluding hydrogens is 387 g/mol. The topological polar surface area (TPSA) is 43.6 Å². The van der Waals surface area contributed by atoms with Crippen LogP contribution in [0.5, 0.6) is 0 Å². The Labute approximate surface area is 114 Å². The van der Waals surface area contributed by atoms with Crippen LogP contribution in [0.3, 0.4) is 0 Å². The third-order valence-corrected chi connectivity index (χ3v) is 3.19. The van der Waals surface area contributed by atoms with E-state index in [-0.39, 0.29) is 0 Å². The summed E-state index contributed by atoms with van der Waals surface area (Å²) < 4.78 is 8.62. The van der Waals surface area contributed by atoms with Crippen LogP contribution < -0.4 is 0 Å². The molecule has 2 aromatic heterocycles. The van der Waals surface area contributed by atoms with E-state index >= 15 is 0 Å². The molecule has 0 aromatic carbocycles.